The fourth-order valence-corrected chi connectivity index (χ4v) is 12.3. The summed E-state index contributed by atoms with van der Waals surface area (Å²) in [6, 6.07) is 0. The van der Waals surface area contributed by atoms with Gasteiger partial charge in [-0.15, -0.1) is 0 Å². The molecule has 4 nitrogen and oxygen atoms in total. The van der Waals surface area contributed by atoms with Crippen molar-refractivity contribution in [3.05, 3.63) is 12.2 Å². The van der Waals surface area contributed by atoms with E-state index in [0.29, 0.717) is 47.0 Å². The van der Waals surface area contributed by atoms with E-state index in [0.717, 1.165) is 37.9 Å². The molecule has 5 rings (SSSR count). The Balaban J connectivity index is 1.50. The second-order valence-corrected chi connectivity index (χ2v) is 16.1. The number of hydrogen-bond donors (Lipinski definition) is 4. The molecule has 0 bridgehead atoms. The highest BCUT2D eigenvalue weighted by Gasteiger charge is 2.70. The molecule has 0 amide bonds. The van der Waals surface area contributed by atoms with Gasteiger partial charge in [0.05, 0.1) is 6.10 Å². The Morgan fingerprint density at radius 3 is 2.31 bits per heavy atom. The zero-order valence-electron chi connectivity index (χ0n) is 23.5. The predicted octanol–water partition coefficient (Wildman–Crippen LogP) is 6.60. The summed E-state index contributed by atoms with van der Waals surface area (Å²) >= 11 is 1.41. The largest absolute Gasteiger partial charge is 0.396 e. The fraction of sp³-hybridized carbons (Fsp3) is 0.903. The maximum Gasteiger partial charge on any atom is 0.151 e. The normalized spacial score (nSPS) is 51.4. The number of aliphatic hydroxyl groups excluding tert-OH is 2. The third-order valence-electron chi connectivity index (χ3n) is 13.8. The summed E-state index contributed by atoms with van der Waals surface area (Å²) in [4.78, 5) is 0. The van der Waals surface area contributed by atoms with Gasteiger partial charge in [0.15, 0.2) is 5.17 Å². The monoisotopic (exact) mass is 516 g/mol. The topological polar surface area (TPSA) is 90.3 Å². The summed E-state index contributed by atoms with van der Waals surface area (Å²) in [5.74, 6) is 3.58. The molecule has 5 aliphatic carbocycles. The lowest BCUT2D eigenvalue weighted by atomic mass is 9.32. The van der Waals surface area contributed by atoms with Crippen LogP contribution in [0.25, 0.3) is 0 Å². The maximum atomic E-state index is 11.0. The van der Waals surface area contributed by atoms with Crippen molar-refractivity contribution >= 4 is 16.9 Å². The fourth-order valence-electron chi connectivity index (χ4n) is 11.7. The number of nitrogens with one attached hydrogen (secondary N) is 1. The van der Waals surface area contributed by atoms with E-state index < -0.39 is 0 Å². The van der Waals surface area contributed by atoms with Gasteiger partial charge < -0.3 is 15.9 Å². The van der Waals surface area contributed by atoms with Crippen LogP contribution in [0.1, 0.15) is 98.8 Å². The van der Waals surface area contributed by atoms with Crippen molar-refractivity contribution in [1.29, 1.82) is 5.41 Å². The lowest BCUT2D eigenvalue weighted by Gasteiger charge is -2.73. The van der Waals surface area contributed by atoms with Gasteiger partial charge in [-0.2, -0.15) is 0 Å². The first-order valence-electron chi connectivity index (χ1n) is 14.7. The van der Waals surface area contributed by atoms with Gasteiger partial charge in [-0.3, -0.25) is 5.41 Å². The smallest absolute Gasteiger partial charge is 0.151 e. The Labute approximate surface area is 224 Å². The van der Waals surface area contributed by atoms with Crippen molar-refractivity contribution in [1.82, 2.24) is 0 Å². The zero-order valence-corrected chi connectivity index (χ0v) is 24.4. The van der Waals surface area contributed by atoms with Crippen LogP contribution < -0.4 is 5.73 Å². The second kappa shape index (κ2) is 8.74. The summed E-state index contributed by atoms with van der Waals surface area (Å²) < 4.78 is 0. The minimum Gasteiger partial charge on any atom is -0.396 e. The quantitative estimate of drug-likeness (QED) is 0.192. The second-order valence-electron chi connectivity index (χ2n) is 15.0. The Morgan fingerprint density at radius 2 is 1.64 bits per heavy atom. The highest BCUT2D eigenvalue weighted by atomic mass is 32.2. The minimum absolute atomic E-state index is 0.00659. The Morgan fingerprint density at radius 1 is 0.917 bits per heavy atom. The van der Waals surface area contributed by atoms with Gasteiger partial charge in [0.25, 0.3) is 0 Å². The van der Waals surface area contributed by atoms with Gasteiger partial charge in [0, 0.05) is 12.4 Å². The van der Waals surface area contributed by atoms with Crippen LogP contribution in [-0.2, 0) is 0 Å². The van der Waals surface area contributed by atoms with Gasteiger partial charge in [-0.05, 0) is 121 Å². The number of aliphatic hydroxyl groups is 2. The van der Waals surface area contributed by atoms with Crippen LogP contribution in [0.2, 0.25) is 0 Å². The lowest BCUT2D eigenvalue weighted by molar-refractivity contribution is -0.249. The summed E-state index contributed by atoms with van der Waals surface area (Å²) in [6.07, 6.45) is 11.6. The van der Waals surface area contributed by atoms with E-state index in [1.807, 2.05) is 0 Å². The first-order valence-corrected chi connectivity index (χ1v) is 15.7. The number of fused-ring (bicyclic) bond motifs is 7. The number of nitrogens with two attached hydrogens (primary N) is 1. The number of amidine groups is 1. The van der Waals surface area contributed by atoms with E-state index in [1.165, 1.54) is 49.4 Å². The van der Waals surface area contributed by atoms with Gasteiger partial charge in [0.2, 0.25) is 0 Å². The van der Waals surface area contributed by atoms with Crippen LogP contribution in [0.4, 0.5) is 0 Å². The van der Waals surface area contributed by atoms with E-state index in [1.54, 1.807) is 0 Å². The first kappa shape index (κ1) is 27.1. The highest BCUT2D eigenvalue weighted by Crippen LogP contribution is 2.77. The summed E-state index contributed by atoms with van der Waals surface area (Å²) in [5, 5.41) is 29.6. The summed E-state index contributed by atoms with van der Waals surface area (Å²) in [6.45, 7) is 17.4. The molecule has 0 aromatic carbocycles. The molecule has 204 valence electrons. The molecule has 0 spiro atoms. The molecule has 5 heteroatoms. The van der Waals surface area contributed by atoms with Crippen molar-refractivity contribution < 1.29 is 10.2 Å². The van der Waals surface area contributed by atoms with E-state index >= 15 is 0 Å². The molecule has 5 aliphatic rings. The molecule has 5 fully saturated rings. The van der Waals surface area contributed by atoms with Crippen LogP contribution in [0, 0.1) is 62.1 Å². The molecule has 36 heavy (non-hydrogen) atoms. The third-order valence-corrected chi connectivity index (χ3v) is 14.7. The van der Waals surface area contributed by atoms with Gasteiger partial charge >= 0.3 is 0 Å². The van der Waals surface area contributed by atoms with Crippen LogP contribution in [0.5, 0.6) is 0 Å². The molecule has 5 saturated carbocycles. The highest BCUT2D eigenvalue weighted by molar-refractivity contribution is 8.13. The molecule has 0 radical (unpaired) electrons. The molecular weight excluding hydrogens is 464 g/mol. The predicted molar refractivity (Wildman–Crippen MR) is 151 cm³/mol. The number of hydrogen-bond acceptors (Lipinski definition) is 4. The molecule has 5 N–H and O–H groups in total. The molecular formula is C31H52N2O2S. The standard InChI is InChI=1S/C31H52N2O2S/c1-19(17-36-26(32)33)20-9-14-31(18-34)16-15-29(5)21(25(20)31)7-8-23-28(4)12-11-24(35)27(2,3)22(28)10-13-30(23,29)6/h20-25,34-35H,1,7-18H2,2-6H3,(H3,32,33)/t20-,21+,22-,23?,24-,25+,28-,29+,30+,31+/m0/s1. The molecule has 0 aromatic heterocycles. The van der Waals surface area contributed by atoms with Crippen molar-refractivity contribution in [3.63, 3.8) is 0 Å². The average molecular weight is 517 g/mol. The van der Waals surface area contributed by atoms with Crippen molar-refractivity contribution in [2.24, 2.45) is 62.4 Å². The Hall–Kier alpha value is -0.520. The molecule has 1 unspecified atom stereocenters. The molecule has 0 saturated heterocycles. The van der Waals surface area contributed by atoms with Crippen molar-refractivity contribution in [2.75, 3.05) is 12.4 Å². The van der Waals surface area contributed by atoms with Crippen LogP contribution >= 0.6 is 11.8 Å². The SMILES string of the molecule is C=C(CSC(=N)N)[C@@H]1CC[C@]2(CO)CC[C@]3(C)[C@H](CCC4[C@@]5(C)CC[C@H](O)C(C)(C)[C@@H]5CC[C@]43C)[C@@H]12. The maximum absolute atomic E-state index is 11.0. The summed E-state index contributed by atoms with van der Waals surface area (Å²) in [7, 11) is 0. The third kappa shape index (κ3) is 3.50. The van der Waals surface area contributed by atoms with E-state index in [2.05, 4.69) is 41.2 Å². The van der Waals surface area contributed by atoms with Crippen LogP contribution in [0.15, 0.2) is 12.2 Å². The minimum atomic E-state index is -0.176. The Bertz CT molecular complexity index is 920. The van der Waals surface area contributed by atoms with Gasteiger partial charge in [-0.25, -0.2) is 0 Å². The van der Waals surface area contributed by atoms with Crippen molar-refractivity contribution in [2.45, 2.75) is 105 Å². The zero-order chi connectivity index (χ0) is 26.3. The van der Waals surface area contributed by atoms with E-state index in [-0.39, 0.29) is 27.5 Å². The average Bonchev–Trinajstić information content (AvgIpc) is 3.21. The van der Waals surface area contributed by atoms with Gasteiger partial charge in [-0.1, -0.05) is 58.5 Å². The number of thioether (sulfide) groups is 1. The molecule has 0 aromatic rings. The summed E-state index contributed by atoms with van der Waals surface area (Å²) in [5.41, 5.74) is 7.82. The van der Waals surface area contributed by atoms with E-state index in [4.69, 9.17) is 11.1 Å². The number of rotatable bonds is 4. The molecule has 0 aliphatic heterocycles. The van der Waals surface area contributed by atoms with Crippen LogP contribution in [0.3, 0.4) is 0 Å². The molecule has 10 atom stereocenters. The van der Waals surface area contributed by atoms with Crippen LogP contribution in [-0.4, -0.2) is 33.8 Å². The molecule has 0 heterocycles. The van der Waals surface area contributed by atoms with Gasteiger partial charge in [0.1, 0.15) is 0 Å². The van der Waals surface area contributed by atoms with E-state index in [9.17, 15) is 10.2 Å². The Kier molecular flexibility index (Phi) is 6.57. The van der Waals surface area contributed by atoms with Crippen molar-refractivity contribution in [3.8, 4) is 0 Å². The lowest BCUT2D eigenvalue weighted by Crippen LogP contribution is -2.66. The first-order chi connectivity index (χ1) is 16.8.